The third-order valence-corrected chi connectivity index (χ3v) is 5.35. The van der Waals surface area contributed by atoms with E-state index in [1.165, 1.54) is 0 Å². The van der Waals surface area contributed by atoms with Gasteiger partial charge in [0.25, 0.3) is 0 Å². The average molecular weight is 324 g/mol. The molecule has 2 heteroatoms. The van der Waals surface area contributed by atoms with E-state index in [0.29, 0.717) is 12.8 Å². The molecule has 3 aromatic carbocycles. The van der Waals surface area contributed by atoms with E-state index in [-0.39, 0.29) is 11.6 Å². The summed E-state index contributed by atoms with van der Waals surface area (Å²) in [6.45, 7) is 2.01. The van der Waals surface area contributed by atoms with Crippen LogP contribution in [0.3, 0.4) is 0 Å². The Kier molecular flexibility index (Phi) is 2.87. The van der Waals surface area contributed by atoms with Crippen molar-refractivity contribution in [1.29, 1.82) is 0 Å². The van der Waals surface area contributed by atoms with Gasteiger partial charge in [0.05, 0.1) is 0 Å². The standard InChI is InChI=1S/C23H16O2/c1-13-6-7-15-10-17-11-20-16(12-21(17)23(25)19(15)8-13)9-14-4-2-3-5-18(14)22(20)24/h2-8,11-12H,9-10H2,1H3. The van der Waals surface area contributed by atoms with Crippen LogP contribution in [0.2, 0.25) is 0 Å². The maximum Gasteiger partial charge on any atom is 0.193 e. The first-order valence-electron chi connectivity index (χ1n) is 8.54. The molecule has 0 bridgehead atoms. The predicted octanol–water partition coefficient (Wildman–Crippen LogP) is 4.27. The molecule has 0 fully saturated rings. The molecule has 3 aromatic rings. The molecular weight excluding hydrogens is 308 g/mol. The molecule has 2 aliphatic rings. The maximum atomic E-state index is 13.0. The van der Waals surface area contributed by atoms with Gasteiger partial charge < -0.3 is 0 Å². The second kappa shape index (κ2) is 5.00. The van der Waals surface area contributed by atoms with Gasteiger partial charge in [0.2, 0.25) is 0 Å². The fraction of sp³-hybridized carbons (Fsp3) is 0.130. The van der Waals surface area contributed by atoms with Crippen LogP contribution in [0.25, 0.3) is 0 Å². The summed E-state index contributed by atoms with van der Waals surface area (Å²) in [5, 5.41) is 0. The van der Waals surface area contributed by atoms with Crippen molar-refractivity contribution < 1.29 is 9.59 Å². The Morgan fingerprint density at radius 1 is 0.600 bits per heavy atom. The van der Waals surface area contributed by atoms with Gasteiger partial charge in [0.1, 0.15) is 0 Å². The van der Waals surface area contributed by atoms with E-state index in [0.717, 1.165) is 50.1 Å². The molecule has 2 nitrogen and oxygen atoms in total. The minimum Gasteiger partial charge on any atom is -0.289 e. The lowest BCUT2D eigenvalue weighted by Crippen LogP contribution is -2.20. The first-order chi connectivity index (χ1) is 12.1. The van der Waals surface area contributed by atoms with Crippen molar-refractivity contribution in [3.63, 3.8) is 0 Å². The van der Waals surface area contributed by atoms with E-state index in [2.05, 4.69) is 0 Å². The summed E-state index contributed by atoms with van der Waals surface area (Å²) < 4.78 is 0. The van der Waals surface area contributed by atoms with Gasteiger partial charge in [-0.25, -0.2) is 0 Å². The number of hydrogen-bond acceptors (Lipinski definition) is 2. The molecule has 0 heterocycles. The van der Waals surface area contributed by atoms with E-state index in [9.17, 15) is 9.59 Å². The topological polar surface area (TPSA) is 34.1 Å². The number of carbonyl (C=O) groups is 2. The zero-order valence-corrected chi connectivity index (χ0v) is 13.9. The van der Waals surface area contributed by atoms with Gasteiger partial charge in [-0.05, 0) is 60.2 Å². The van der Waals surface area contributed by atoms with Gasteiger partial charge in [-0.3, -0.25) is 9.59 Å². The number of fused-ring (bicyclic) bond motifs is 4. The molecule has 0 radical (unpaired) electrons. The summed E-state index contributed by atoms with van der Waals surface area (Å²) in [6.07, 6.45) is 1.41. The number of rotatable bonds is 0. The predicted molar refractivity (Wildman–Crippen MR) is 96.5 cm³/mol. The van der Waals surface area contributed by atoms with Crippen LogP contribution >= 0.6 is 0 Å². The summed E-state index contributed by atoms with van der Waals surface area (Å²) in [5.74, 6) is 0.149. The molecule has 0 saturated heterocycles. The highest BCUT2D eigenvalue weighted by Crippen LogP contribution is 2.34. The smallest absolute Gasteiger partial charge is 0.193 e. The van der Waals surface area contributed by atoms with E-state index in [1.54, 1.807) is 0 Å². The van der Waals surface area contributed by atoms with Crippen LogP contribution in [0.15, 0.2) is 54.6 Å². The molecule has 0 spiro atoms. The molecule has 0 aromatic heterocycles. The molecule has 5 rings (SSSR count). The fourth-order valence-electron chi connectivity index (χ4n) is 4.06. The van der Waals surface area contributed by atoms with Gasteiger partial charge in [-0.2, -0.15) is 0 Å². The normalized spacial score (nSPS) is 14.4. The minimum atomic E-state index is 0.0711. The van der Waals surface area contributed by atoms with Gasteiger partial charge >= 0.3 is 0 Å². The van der Waals surface area contributed by atoms with Crippen LogP contribution in [0.4, 0.5) is 0 Å². The lowest BCUT2D eigenvalue weighted by atomic mass is 9.78. The van der Waals surface area contributed by atoms with Crippen LogP contribution < -0.4 is 0 Å². The molecule has 0 saturated carbocycles. The molecule has 2 aliphatic carbocycles. The minimum absolute atomic E-state index is 0.0711. The third kappa shape index (κ3) is 2.04. The highest BCUT2D eigenvalue weighted by molar-refractivity contribution is 6.16. The molecule has 0 N–H and O–H groups in total. The quantitative estimate of drug-likeness (QED) is 0.426. The van der Waals surface area contributed by atoms with Crippen molar-refractivity contribution in [2.45, 2.75) is 19.8 Å². The van der Waals surface area contributed by atoms with E-state index in [4.69, 9.17) is 0 Å². The average Bonchev–Trinajstić information content (AvgIpc) is 2.62. The first-order valence-corrected chi connectivity index (χ1v) is 8.54. The SMILES string of the molecule is Cc1ccc2c(c1)C(=O)c1cc3c(cc1C2)C(=O)c1ccccc1C3. The Morgan fingerprint density at radius 3 is 1.88 bits per heavy atom. The lowest BCUT2D eigenvalue weighted by Gasteiger charge is -2.24. The van der Waals surface area contributed by atoms with Crippen molar-refractivity contribution in [3.05, 3.63) is 105 Å². The number of benzene rings is 3. The number of hydrogen-bond donors (Lipinski definition) is 0. The third-order valence-electron chi connectivity index (χ3n) is 5.35. The highest BCUT2D eigenvalue weighted by Gasteiger charge is 2.29. The van der Waals surface area contributed by atoms with Crippen LogP contribution in [0.1, 0.15) is 59.7 Å². The maximum absolute atomic E-state index is 13.0. The monoisotopic (exact) mass is 324 g/mol. The van der Waals surface area contributed by atoms with Gasteiger partial charge in [0, 0.05) is 22.3 Å². The molecule has 0 aliphatic heterocycles. The molecule has 0 amide bonds. The Bertz CT molecular complexity index is 1090. The summed E-state index contributed by atoms with van der Waals surface area (Å²) in [6, 6.07) is 17.7. The Morgan fingerprint density at radius 2 is 1.16 bits per heavy atom. The first kappa shape index (κ1) is 14.4. The number of ketones is 2. The van der Waals surface area contributed by atoms with E-state index in [1.807, 2.05) is 61.5 Å². The largest absolute Gasteiger partial charge is 0.289 e. The second-order valence-electron chi connectivity index (χ2n) is 7.00. The van der Waals surface area contributed by atoms with Crippen molar-refractivity contribution in [2.75, 3.05) is 0 Å². The molecule has 120 valence electrons. The number of aryl methyl sites for hydroxylation is 1. The lowest BCUT2D eigenvalue weighted by molar-refractivity contribution is 0.102. The summed E-state index contributed by atoms with van der Waals surface area (Å²) >= 11 is 0. The molecular formula is C23H16O2. The van der Waals surface area contributed by atoms with E-state index >= 15 is 0 Å². The molecule has 0 atom stereocenters. The van der Waals surface area contributed by atoms with Gasteiger partial charge in [-0.1, -0.05) is 42.0 Å². The van der Waals surface area contributed by atoms with Crippen molar-refractivity contribution >= 4 is 11.6 Å². The zero-order chi connectivity index (χ0) is 17.1. The van der Waals surface area contributed by atoms with Crippen molar-refractivity contribution in [1.82, 2.24) is 0 Å². The summed E-state index contributed by atoms with van der Waals surface area (Å²) in [5.41, 5.74) is 8.21. The highest BCUT2D eigenvalue weighted by atomic mass is 16.1. The summed E-state index contributed by atoms with van der Waals surface area (Å²) in [7, 11) is 0. The van der Waals surface area contributed by atoms with Crippen LogP contribution in [0.5, 0.6) is 0 Å². The van der Waals surface area contributed by atoms with E-state index < -0.39 is 0 Å². The van der Waals surface area contributed by atoms with Crippen LogP contribution in [0, 0.1) is 6.92 Å². The van der Waals surface area contributed by atoms with Crippen molar-refractivity contribution in [2.24, 2.45) is 0 Å². The number of carbonyl (C=O) groups excluding carboxylic acids is 2. The molecule has 25 heavy (non-hydrogen) atoms. The summed E-state index contributed by atoms with van der Waals surface area (Å²) in [4.78, 5) is 25.9. The van der Waals surface area contributed by atoms with Crippen LogP contribution in [-0.4, -0.2) is 11.6 Å². The Hall–Kier alpha value is -3.00. The zero-order valence-electron chi connectivity index (χ0n) is 13.9. The fourth-order valence-corrected chi connectivity index (χ4v) is 4.06. The molecule has 0 unspecified atom stereocenters. The van der Waals surface area contributed by atoms with Gasteiger partial charge in [-0.15, -0.1) is 0 Å². The Balaban J connectivity index is 1.68. The van der Waals surface area contributed by atoms with Gasteiger partial charge in [0.15, 0.2) is 11.6 Å². The van der Waals surface area contributed by atoms with Crippen LogP contribution in [-0.2, 0) is 12.8 Å². The Labute approximate surface area is 146 Å². The second-order valence-corrected chi connectivity index (χ2v) is 7.00. The van der Waals surface area contributed by atoms with Crippen molar-refractivity contribution in [3.8, 4) is 0 Å².